The average Bonchev–Trinajstić information content (AvgIpc) is 1.62. The van der Waals surface area contributed by atoms with Crippen molar-refractivity contribution in [2.24, 2.45) is 5.73 Å². The second kappa shape index (κ2) is 2.59. The molecule has 0 aromatic rings. The van der Waals surface area contributed by atoms with Gasteiger partial charge in [-0.15, -0.1) is 0 Å². The third-order valence-corrected chi connectivity index (χ3v) is 2.96. The molecule has 0 aliphatic rings. The van der Waals surface area contributed by atoms with Gasteiger partial charge in [0.1, 0.15) is 0 Å². The van der Waals surface area contributed by atoms with Crippen LogP contribution in [-0.2, 0) is 0 Å². The van der Waals surface area contributed by atoms with Gasteiger partial charge in [0.2, 0.25) is 0 Å². The zero-order valence-electron chi connectivity index (χ0n) is 5.26. The minimum Gasteiger partial charge on any atom is -0.410 e. The molecule has 0 radical (unpaired) electrons. The van der Waals surface area contributed by atoms with E-state index in [1.807, 2.05) is 6.92 Å². The molecule has 50 valence electrons. The summed E-state index contributed by atoms with van der Waals surface area (Å²) in [7, 11) is -2.98. The molecule has 0 aliphatic heterocycles. The van der Waals surface area contributed by atoms with E-state index in [0.29, 0.717) is 6.42 Å². The Morgan fingerprint density at radius 2 is 2.00 bits per heavy atom. The minimum absolute atomic E-state index is 0.400. The Morgan fingerprint density at radius 1 is 1.62 bits per heavy atom. The van der Waals surface area contributed by atoms with Gasteiger partial charge in [-0.1, -0.05) is 6.92 Å². The van der Waals surface area contributed by atoms with Crippen molar-refractivity contribution in [2.75, 3.05) is 0 Å². The van der Waals surface area contributed by atoms with Crippen molar-refractivity contribution in [3.05, 3.63) is 0 Å². The third-order valence-electron chi connectivity index (χ3n) is 1.14. The Kier molecular flexibility index (Phi) is 2.62. The van der Waals surface area contributed by atoms with Crippen molar-refractivity contribution in [3.8, 4) is 0 Å². The first-order valence-electron chi connectivity index (χ1n) is 2.68. The number of hydrogen-bond donors (Lipinski definition) is 3. The lowest BCUT2D eigenvalue weighted by Gasteiger charge is -2.17. The first kappa shape index (κ1) is 8.10. The van der Waals surface area contributed by atoms with Crippen molar-refractivity contribution in [1.82, 2.24) is 0 Å². The van der Waals surface area contributed by atoms with Crippen LogP contribution < -0.4 is 5.73 Å². The average molecular weight is 135 g/mol. The maximum Gasteiger partial charge on any atom is 0.346 e. The van der Waals surface area contributed by atoms with Crippen LogP contribution in [0.25, 0.3) is 0 Å². The van der Waals surface area contributed by atoms with E-state index < -0.39 is 14.2 Å². The van der Waals surface area contributed by atoms with Gasteiger partial charge in [0.15, 0.2) is 0 Å². The second-order valence-electron chi connectivity index (χ2n) is 2.11. The SMILES string of the molecule is CCC(N)[Si](C)(O)O. The lowest BCUT2D eigenvalue weighted by Crippen LogP contribution is -2.50. The topological polar surface area (TPSA) is 66.5 Å². The van der Waals surface area contributed by atoms with Crippen molar-refractivity contribution in [1.29, 1.82) is 0 Å². The molecular weight excluding hydrogens is 122 g/mol. The Morgan fingerprint density at radius 3 is 2.00 bits per heavy atom. The van der Waals surface area contributed by atoms with Gasteiger partial charge in [-0.3, -0.25) is 0 Å². The molecule has 0 heterocycles. The zero-order valence-corrected chi connectivity index (χ0v) is 6.26. The summed E-state index contributed by atoms with van der Waals surface area (Å²) >= 11 is 0. The van der Waals surface area contributed by atoms with Gasteiger partial charge in [-0.05, 0) is 13.0 Å². The molecule has 0 amide bonds. The highest BCUT2D eigenvalue weighted by Gasteiger charge is 2.28. The monoisotopic (exact) mass is 135 g/mol. The fourth-order valence-electron chi connectivity index (χ4n) is 0.387. The molecule has 4 N–H and O–H groups in total. The Balaban J connectivity index is 3.62. The third kappa shape index (κ3) is 2.42. The maximum atomic E-state index is 8.86. The molecule has 0 aromatic carbocycles. The first-order chi connectivity index (χ1) is 3.48. The lowest BCUT2D eigenvalue weighted by molar-refractivity contribution is 0.348. The quantitative estimate of drug-likeness (QED) is 0.439. The van der Waals surface area contributed by atoms with Gasteiger partial charge >= 0.3 is 8.56 Å². The van der Waals surface area contributed by atoms with Crippen molar-refractivity contribution in [3.63, 3.8) is 0 Å². The van der Waals surface area contributed by atoms with Crippen molar-refractivity contribution < 1.29 is 9.59 Å². The summed E-state index contributed by atoms with van der Waals surface area (Å²) in [4.78, 5) is 17.7. The van der Waals surface area contributed by atoms with Crippen molar-refractivity contribution in [2.45, 2.75) is 25.6 Å². The Hall–Kier alpha value is 0.0969. The number of nitrogens with two attached hydrogens (primary N) is 1. The molecule has 0 fully saturated rings. The van der Waals surface area contributed by atoms with Gasteiger partial charge in [0, 0.05) is 5.67 Å². The van der Waals surface area contributed by atoms with Crippen LogP contribution in [0.5, 0.6) is 0 Å². The molecule has 8 heavy (non-hydrogen) atoms. The molecule has 0 spiro atoms. The van der Waals surface area contributed by atoms with Crippen LogP contribution in [0.15, 0.2) is 0 Å². The fourth-order valence-corrected chi connectivity index (χ4v) is 1.16. The molecule has 1 atom stereocenters. The number of rotatable bonds is 2. The summed E-state index contributed by atoms with van der Waals surface area (Å²) in [6, 6.07) is 0. The molecule has 0 saturated heterocycles. The summed E-state index contributed by atoms with van der Waals surface area (Å²) in [5, 5.41) is 0. The van der Waals surface area contributed by atoms with E-state index in [0.717, 1.165) is 0 Å². The summed E-state index contributed by atoms with van der Waals surface area (Å²) in [5.41, 5.74) is 4.91. The normalized spacial score (nSPS) is 16.1. The van der Waals surface area contributed by atoms with Crippen LogP contribution in [0, 0.1) is 0 Å². The zero-order chi connectivity index (χ0) is 6.78. The summed E-state index contributed by atoms with van der Waals surface area (Å²) in [6.07, 6.45) is 0.635. The highest BCUT2D eigenvalue weighted by atomic mass is 28.4. The van der Waals surface area contributed by atoms with Gasteiger partial charge in [0.25, 0.3) is 0 Å². The van der Waals surface area contributed by atoms with E-state index in [2.05, 4.69) is 0 Å². The first-order valence-corrected chi connectivity index (χ1v) is 5.16. The predicted molar refractivity (Wildman–Crippen MR) is 34.3 cm³/mol. The van der Waals surface area contributed by atoms with Crippen LogP contribution in [0.4, 0.5) is 0 Å². The van der Waals surface area contributed by atoms with Crippen LogP contribution in [0.3, 0.4) is 0 Å². The highest BCUT2D eigenvalue weighted by Crippen LogP contribution is 1.99. The summed E-state index contributed by atoms with van der Waals surface area (Å²) < 4.78 is 0. The molecule has 0 bridgehead atoms. The number of hydrogen-bond acceptors (Lipinski definition) is 3. The Labute approximate surface area is 50.4 Å². The van der Waals surface area contributed by atoms with Crippen LogP contribution in [0.1, 0.15) is 13.3 Å². The standard InChI is InChI=1S/C4H13NO2Si/c1-3-4(5)8(2,6)7/h4,6-7H,3,5H2,1-2H3. The molecule has 1 unspecified atom stereocenters. The minimum atomic E-state index is -2.98. The molecule has 0 rings (SSSR count). The van der Waals surface area contributed by atoms with Crippen LogP contribution in [0.2, 0.25) is 6.55 Å². The largest absolute Gasteiger partial charge is 0.410 e. The van der Waals surface area contributed by atoms with Gasteiger partial charge in [-0.25, -0.2) is 0 Å². The lowest BCUT2D eigenvalue weighted by atomic mass is 10.5. The van der Waals surface area contributed by atoms with Gasteiger partial charge in [-0.2, -0.15) is 0 Å². The fraction of sp³-hybridized carbons (Fsp3) is 1.00. The summed E-state index contributed by atoms with van der Waals surface area (Å²) in [5.74, 6) is 0. The van der Waals surface area contributed by atoms with Gasteiger partial charge in [0.05, 0.1) is 0 Å². The van der Waals surface area contributed by atoms with Crippen LogP contribution >= 0.6 is 0 Å². The Bertz CT molecular complexity index is 70.9. The molecule has 0 aliphatic carbocycles. The highest BCUT2D eigenvalue weighted by molar-refractivity contribution is 6.64. The molecule has 0 saturated carbocycles. The van der Waals surface area contributed by atoms with E-state index in [1.54, 1.807) is 0 Å². The van der Waals surface area contributed by atoms with E-state index in [4.69, 9.17) is 15.3 Å². The molecular formula is C4H13NO2Si. The van der Waals surface area contributed by atoms with E-state index in [1.165, 1.54) is 6.55 Å². The molecule has 4 heteroatoms. The van der Waals surface area contributed by atoms with Crippen molar-refractivity contribution >= 4 is 8.56 Å². The molecule has 3 nitrogen and oxygen atoms in total. The summed E-state index contributed by atoms with van der Waals surface area (Å²) in [6.45, 7) is 3.25. The van der Waals surface area contributed by atoms with E-state index in [9.17, 15) is 0 Å². The predicted octanol–water partition coefficient (Wildman–Crippen LogP) is -0.680. The van der Waals surface area contributed by atoms with Gasteiger partial charge < -0.3 is 15.3 Å². The second-order valence-corrected chi connectivity index (χ2v) is 5.04. The maximum absolute atomic E-state index is 8.86. The van der Waals surface area contributed by atoms with Crippen LogP contribution in [-0.4, -0.2) is 23.8 Å². The van der Waals surface area contributed by atoms with E-state index >= 15 is 0 Å². The molecule has 0 aromatic heterocycles. The van der Waals surface area contributed by atoms with E-state index in [-0.39, 0.29) is 0 Å². The smallest absolute Gasteiger partial charge is 0.346 e.